The van der Waals surface area contributed by atoms with Gasteiger partial charge in [0.25, 0.3) is 0 Å². The van der Waals surface area contributed by atoms with Gasteiger partial charge in [0, 0.05) is 41.2 Å². The van der Waals surface area contributed by atoms with Crippen molar-refractivity contribution in [3.05, 3.63) is 58.7 Å². The molecule has 6 nitrogen and oxygen atoms in total. The molecule has 37 heavy (non-hydrogen) atoms. The van der Waals surface area contributed by atoms with Gasteiger partial charge in [-0.05, 0) is 47.9 Å². The summed E-state index contributed by atoms with van der Waals surface area (Å²) in [6, 6.07) is 5.86. The molecule has 1 unspecified atom stereocenters. The van der Waals surface area contributed by atoms with Crippen LogP contribution in [0.15, 0.2) is 36.4 Å². The summed E-state index contributed by atoms with van der Waals surface area (Å²) in [6.07, 6.45) is -10.0. The molecule has 0 saturated carbocycles. The van der Waals surface area contributed by atoms with Crippen molar-refractivity contribution in [2.24, 2.45) is 0 Å². The van der Waals surface area contributed by atoms with Gasteiger partial charge in [-0.15, -0.1) is 0 Å². The van der Waals surface area contributed by atoms with E-state index in [0.29, 0.717) is 55.4 Å². The average Bonchev–Trinajstić information content (AvgIpc) is 2.86. The molecule has 1 saturated heterocycles. The number of amides is 1. The molecule has 1 heterocycles. The van der Waals surface area contributed by atoms with Gasteiger partial charge in [0.05, 0.1) is 25.3 Å². The largest absolute Gasteiger partial charge is 0.493 e. The van der Waals surface area contributed by atoms with Crippen LogP contribution in [0, 0.1) is 0 Å². The Hall–Kier alpha value is -2.99. The summed E-state index contributed by atoms with van der Waals surface area (Å²) >= 11 is 0. The van der Waals surface area contributed by atoms with Crippen LogP contribution in [0.2, 0.25) is 0 Å². The SMILES string of the molecule is COc1ccc(C(C(=O)N(C)CCc2cc(C(F)(F)F)cc(C(F)(F)F)c2)N2CCNCC2)cc1OC.[HH]. The van der Waals surface area contributed by atoms with E-state index in [1.54, 1.807) is 18.2 Å². The molecular weight excluding hydrogens is 504 g/mol. The zero-order chi connectivity index (χ0) is 27.4. The number of piperazine rings is 1. The molecule has 0 spiro atoms. The number of methoxy groups -OCH3 is 2. The van der Waals surface area contributed by atoms with Crippen LogP contribution < -0.4 is 14.8 Å². The van der Waals surface area contributed by atoms with Crippen molar-refractivity contribution in [3.63, 3.8) is 0 Å². The predicted octanol–water partition coefficient (Wildman–Crippen LogP) is 4.63. The van der Waals surface area contributed by atoms with E-state index >= 15 is 0 Å². The van der Waals surface area contributed by atoms with Crippen molar-refractivity contribution in [1.29, 1.82) is 0 Å². The van der Waals surface area contributed by atoms with E-state index in [0.717, 1.165) is 0 Å². The smallest absolute Gasteiger partial charge is 0.416 e. The highest BCUT2D eigenvalue weighted by molar-refractivity contribution is 5.83. The third-order valence-electron chi connectivity index (χ3n) is 6.23. The summed E-state index contributed by atoms with van der Waals surface area (Å²) in [7, 11) is 4.44. The van der Waals surface area contributed by atoms with Gasteiger partial charge in [0.2, 0.25) is 5.91 Å². The third kappa shape index (κ3) is 7.07. The van der Waals surface area contributed by atoms with Crippen LogP contribution in [-0.2, 0) is 23.6 Å². The van der Waals surface area contributed by atoms with Crippen molar-refractivity contribution in [2.75, 3.05) is 54.0 Å². The first-order valence-electron chi connectivity index (χ1n) is 11.5. The molecule has 0 bridgehead atoms. The average molecular weight is 536 g/mol. The fourth-order valence-electron chi connectivity index (χ4n) is 4.25. The number of halogens is 6. The number of benzene rings is 2. The number of hydrogen-bond acceptors (Lipinski definition) is 5. The summed E-state index contributed by atoms with van der Waals surface area (Å²) in [5.41, 5.74) is -2.29. The molecule has 0 aliphatic carbocycles. The van der Waals surface area contributed by atoms with E-state index in [1.807, 2.05) is 4.90 Å². The molecule has 0 radical (unpaired) electrons. The topological polar surface area (TPSA) is 54.0 Å². The minimum atomic E-state index is -4.93. The molecule has 1 aliphatic heterocycles. The number of hydrogen-bond donors (Lipinski definition) is 1. The number of carbonyl (C=O) groups is 1. The second-order valence-electron chi connectivity index (χ2n) is 8.73. The fourth-order valence-corrected chi connectivity index (χ4v) is 4.25. The van der Waals surface area contributed by atoms with Crippen molar-refractivity contribution < 1.29 is 42.0 Å². The monoisotopic (exact) mass is 535 g/mol. The molecule has 1 atom stereocenters. The highest BCUT2D eigenvalue weighted by Gasteiger charge is 2.37. The molecule has 1 aliphatic rings. The summed E-state index contributed by atoms with van der Waals surface area (Å²) in [6.45, 7) is 2.38. The lowest BCUT2D eigenvalue weighted by Gasteiger charge is -2.36. The fraction of sp³-hybridized carbons (Fsp3) is 0.480. The molecule has 1 amide bonds. The number of nitrogens with zero attached hydrogens (tertiary/aromatic N) is 2. The van der Waals surface area contributed by atoms with E-state index < -0.39 is 29.5 Å². The summed E-state index contributed by atoms with van der Waals surface area (Å²) in [4.78, 5) is 16.9. The lowest BCUT2D eigenvalue weighted by Crippen LogP contribution is -2.50. The first-order valence-corrected chi connectivity index (χ1v) is 11.5. The van der Waals surface area contributed by atoms with Gasteiger partial charge >= 0.3 is 12.4 Å². The first kappa shape index (κ1) is 28.6. The van der Waals surface area contributed by atoms with Crippen LogP contribution >= 0.6 is 0 Å². The van der Waals surface area contributed by atoms with Crippen LogP contribution in [0.3, 0.4) is 0 Å². The van der Waals surface area contributed by atoms with Crippen LogP contribution in [-0.4, -0.2) is 69.7 Å². The maximum absolute atomic E-state index is 13.6. The van der Waals surface area contributed by atoms with E-state index in [4.69, 9.17) is 9.47 Å². The Labute approximate surface area is 212 Å². The van der Waals surface area contributed by atoms with Crippen molar-refractivity contribution in [1.82, 2.24) is 15.1 Å². The van der Waals surface area contributed by atoms with Gasteiger partial charge in [-0.2, -0.15) is 26.3 Å². The number of likely N-dealkylation sites (N-methyl/N-ethyl adjacent to an activating group) is 1. The maximum Gasteiger partial charge on any atom is 0.416 e. The van der Waals surface area contributed by atoms with Crippen LogP contribution in [0.1, 0.15) is 29.7 Å². The van der Waals surface area contributed by atoms with Crippen LogP contribution in [0.4, 0.5) is 26.3 Å². The van der Waals surface area contributed by atoms with Gasteiger partial charge in [0.15, 0.2) is 11.5 Å². The summed E-state index contributed by atoms with van der Waals surface area (Å²) < 4.78 is 89.9. The van der Waals surface area contributed by atoms with Gasteiger partial charge in [-0.3, -0.25) is 9.69 Å². The molecular formula is C25H31F6N3O3. The molecule has 1 N–H and O–H groups in total. The number of carbonyl (C=O) groups excluding carboxylic acids is 1. The Morgan fingerprint density at radius 1 is 0.973 bits per heavy atom. The predicted molar refractivity (Wildman–Crippen MR) is 127 cm³/mol. The summed E-state index contributed by atoms with van der Waals surface area (Å²) in [5.74, 6) is 0.576. The van der Waals surface area contributed by atoms with Crippen LogP contribution in [0.5, 0.6) is 11.5 Å². The van der Waals surface area contributed by atoms with E-state index in [9.17, 15) is 31.1 Å². The van der Waals surface area contributed by atoms with E-state index in [1.165, 1.54) is 26.2 Å². The third-order valence-corrected chi connectivity index (χ3v) is 6.23. The highest BCUT2D eigenvalue weighted by atomic mass is 19.4. The summed E-state index contributed by atoms with van der Waals surface area (Å²) in [5, 5.41) is 3.22. The molecule has 0 aromatic heterocycles. The normalized spacial score (nSPS) is 15.8. The second-order valence-corrected chi connectivity index (χ2v) is 8.73. The van der Waals surface area contributed by atoms with E-state index in [2.05, 4.69) is 5.32 Å². The van der Waals surface area contributed by atoms with E-state index in [-0.39, 0.29) is 31.9 Å². The first-order chi connectivity index (χ1) is 17.3. The van der Waals surface area contributed by atoms with Gasteiger partial charge in [0.1, 0.15) is 6.04 Å². The second kappa shape index (κ2) is 11.6. The number of rotatable bonds is 8. The zero-order valence-corrected chi connectivity index (χ0v) is 20.7. The molecule has 1 fully saturated rings. The number of ether oxygens (including phenoxy) is 2. The van der Waals surface area contributed by atoms with Crippen molar-refractivity contribution in [3.8, 4) is 11.5 Å². The lowest BCUT2D eigenvalue weighted by atomic mass is 10.0. The number of alkyl halides is 6. The standard InChI is InChI=1S/C25H29F6N3O3.H2/c1-33(9-6-16-12-18(24(26,27)28)15-19(13-16)25(29,30)31)23(35)22(34-10-7-32-8-11-34)17-4-5-20(36-2)21(14-17)37-3;/h4-5,12-15,22,32H,6-11H2,1-3H3;1H. The Morgan fingerprint density at radius 3 is 2.05 bits per heavy atom. The highest BCUT2D eigenvalue weighted by Crippen LogP contribution is 2.37. The molecule has 2 aromatic rings. The Kier molecular flexibility index (Phi) is 8.96. The molecule has 3 rings (SSSR count). The molecule has 206 valence electrons. The number of nitrogens with one attached hydrogen (secondary N) is 1. The molecule has 2 aromatic carbocycles. The minimum absolute atomic E-state index is 0. The van der Waals surface area contributed by atoms with Gasteiger partial charge in [-0.25, -0.2) is 0 Å². The van der Waals surface area contributed by atoms with Crippen molar-refractivity contribution >= 4 is 5.91 Å². The van der Waals surface area contributed by atoms with Gasteiger partial charge < -0.3 is 19.7 Å². The van der Waals surface area contributed by atoms with Crippen LogP contribution in [0.25, 0.3) is 0 Å². The zero-order valence-electron chi connectivity index (χ0n) is 20.7. The Bertz CT molecular complexity index is 1060. The quantitative estimate of drug-likeness (QED) is 0.500. The van der Waals surface area contributed by atoms with Crippen molar-refractivity contribution in [2.45, 2.75) is 24.8 Å². The Morgan fingerprint density at radius 2 is 1.54 bits per heavy atom. The maximum atomic E-state index is 13.6. The lowest BCUT2D eigenvalue weighted by molar-refractivity contribution is -0.143. The molecule has 12 heteroatoms. The minimum Gasteiger partial charge on any atom is -0.493 e. The van der Waals surface area contributed by atoms with Gasteiger partial charge in [-0.1, -0.05) is 6.07 Å². The Balaban J connectivity index is 0.00000507.